The molecule has 0 radical (unpaired) electrons. The molecule has 5 heteroatoms. The van der Waals surface area contributed by atoms with Crippen molar-refractivity contribution in [2.24, 2.45) is 0 Å². The van der Waals surface area contributed by atoms with Crippen LogP contribution in [0.1, 0.15) is 12.8 Å². The molecule has 0 aromatic carbocycles. The lowest BCUT2D eigenvalue weighted by molar-refractivity contribution is 0.120. The third-order valence-corrected chi connectivity index (χ3v) is 2.19. The van der Waals surface area contributed by atoms with Crippen LogP contribution in [0.4, 0.5) is 5.95 Å². The Morgan fingerprint density at radius 1 is 1.71 bits per heavy atom. The number of anilines is 1. The highest BCUT2D eigenvalue weighted by molar-refractivity contribution is 5.22. The average Bonchev–Trinajstić information content (AvgIpc) is 2.67. The van der Waals surface area contributed by atoms with Crippen molar-refractivity contribution in [2.45, 2.75) is 18.9 Å². The van der Waals surface area contributed by atoms with Gasteiger partial charge in [-0.2, -0.15) is 0 Å². The number of rotatable bonds is 3. The van der Waals surface area contributed by atoms with E-state index < -0.39 is 0 Å². The van der Waals surface area contributed by atoms with Crippen LogP contribution in [0.15, 0.2) is 17.1 Å². The molecule has 0 unspecified atom stereocenters. The molecular weight excluding hydrogens is 182 g/mol. The highest BCUT2D eigenvalue weighted by atomic mass is 16.5. The highest BCUT2D eigenvalue weighted by Crippen LogP contribution is 2.11. The summed E-state index contributed by atoms with van der Waals surface area (Å²) in [5.74, 6) is 0.507. The second-order valence-electron chi connectivity index (χ2n) is 3.30. The van der Waals surface area contributed by atoms with Gasteiger partial charge in [0.2, 0.25) is 5.95 Å². The van der Waals surface area contributed by atoms with Gasteiger partial charge >= 0.3 is 0 Å². The van der Waals surface area contributed by atoms with Crippen LogP contribution in [0.3, 0.4) is 0 Å². The number of aromatic amines is 1. The number of hydrogen-bond acceptors (Lipinski definition) is 4. The van der Waals surface area contributed by atoms with Gasteiger partial charge in [-0.05, 0) is 12.8 Å². The molecule has 1 aliphatic rings. The summed E-state index contributed by atoms with van der Waals surface area (Å²) in [6.07, 6.45) is 3.92. The molecule has 0 spiro atoms. The van der Waals surface area contributed by atoms with E-state index in [0.717, 1.165) is 19.4 Å². The maximum Gasteiger partial charge on any atom is 0.252 e. The minimum atomic E-state index is -0.144. The number of nitrogens with zero attached hydrogens (tertiary/aromatic N) is 1. The molecule has 0 amide bonds. The predicted molar refractivity (Wildman–Crippen MR) is 52.3 cm³/mol. The van der Waals surface area contributed by atoms with Crippen LogP contribution in [0.2, 0.25) is 0 Å². The molecule has 0 aliphatic carbocycles. The van der Waals surface area contributed by atoms with Gasteiger partial charge in [0.15, 0.2) is 0 Å². The van der Waals surface area contributed by atoms with Crippen LogP contribution >= 0.6 is 0 Å². The third kappa shape index (κ3) is 2.32. The Hall–Kier alpha value is -1.36. The zero-order valence-corrected chi connectivity index (χ0v) is 7.82. The zero-order chi connectivity index (χ0) is 9.80. The minimum Gasteiger partial charge on any atom is -0.376 e. The summed E-state index contributed by atoms with van der Waals surface area (Å²) in [5, 5.41) is 3.04. The van der Waals surface area contributed by atoms with E-state index in [1.54, 1.807) is 0 Å². The van der Waals surface area contributed by atoms with Gasteiger partial charge in [0.05, 0.1) is 6.10 Å². The van der Waals surface area contributed by atoms with Crippen molar-refractivity contribution in [1.29, 1.82) is 0 Å². The van der Waals surface area contributed by atoms with E-state index in [0.29, 0.717) is 12.5 Å². The van der Waals surface area contributed by atoms with Crippen molar-refractivity contribution < 1.29 is 4.74 Å². The van der Waals surface area contributed by atoms with E-state index in [-0.39, 0.29) is 11.7 Å². The van der Waals surface area contributed by atoms with Crippen LogP contribution in [0, 0.1) is 0 Å². The first kappa shape index (κ1) is 9.21. The van der Waals surface area contributed by atoms with E-state index >= 15 is 0 Å². The maximum atomic E-state index is 10.9. The third-order valence-electron chi connectivity index (χ3n) is 2.19. The Morgan fingerprint density at radius 2 is 2.64 bits per heavy atom. The van der Waals surface area contributed by atoms with E-state index in [1.165, 1.54) is 12.3 Å². The van der Waals surface area contributed by atoms with Gasteiger partial charge in [0, 0.05) is 25.4 Å². The predicted octanol–water partition coefficient (Wildman–Crippen LogP) is 0.361. The van der Waals surface area contributed by atoms with Crippen molar-refractivity contribution in [3.05, 3.63) is 22.6 Å². The standard InChI is InChI=1S/C9H13N3O2/c13-8-3-4-10-9(12-8)11-6-7-2-1-5-14-7/h3-4,7H,1-2,5-6H2,(H2,10,11,12,13)/t7-/m0/s1. The Kier molecular flexibility index (Phi) is 2.78. The lowest BCUT2D eigenvalue weighted by Gasteiger charge is -2.10. The van der Waals surface area contributed by atoms with Gasteiger partial charge in [-0.15, -0.1) is 0 Å². The molecular formula is C9H13N3O2. The quantitative estimate of drug-likeness (QED) is 0.730. The summed E-state index contributed by atoms with van der Waals surface area (Å²) >= 11 is 0. The van der Waals surface area contributed by atoms with Gasteiger partial charge in [0.25, 0.3) is 5.56 Å². The van der Waals surface area contributed by atoms with Gasteiger partial charge in [-0.3, -0.25) is 9.78 Å². The van der Waals surface area contributed by atoms with Crippen molar-refractivity contribution in [3.8, 4) is 0 Å². The SMILES string of the molecule is O=c1ccnc(NC[C@@H]2CCCO2)[nH]1. The van der Waals surface area contributed by atoms with Crippen molar-refractivity contribution >= 4 is 5.95 Å². The summed E-state index contributed by atoms with van der Waals surface area (Å²) in [6.45, 7) is 1.54. The largest absolute Gasteiger partial charge is 0.376 e. The molecule has 14 heavy (non-hydrogen) atoms. The van der Waals surface area contributed by atoms with E-state index in [2.05, 4.69) is 15.3 Å². The molecule has 1 aromatic rings. The molecule has 76 valence electrons. The number of hydrogen-bond donors (Lipinski definition) is 2. The smallest absolute Gasteiger partial charge is 0.252 e. The molecule has 2 rings (SSSR count). The van der Waals surface area contributed by atoms with Gasteiger partial charge < -0.3 is 10.1 Å². The lowest BCUT2D eigenvalue weighted by atomic mass is 10.2. The van der Waals surface area contributed by atoms with Crippen LogP contribution in [-0.2, 0) is 4.74 Å². The molecule has 1 atom stereocenters. The van der Waals surface area contributed by atoms with Crippen LogP contribution in [-0.4, -0.2) is 29.2 Å². The van der Waals surface area contributed by atoms with Crippen molar-refractivity contribution in [2.75, 3.05) is 18.5 Å². The molecule has 1 aliphatic heterocycles. The highest BCUT2D eigenvalue weighted by Gasteiger charge is 2.14. The van der Waals surface area contributed by atoms with E-state index in [1.807, 2.05) is 0 Å². The minimum absolute atomic E-state index is 0.144. The van der Waals surface area contributed by atoms with Gasteiger partial charge in [-0.1, -0.05) is 0 Å². The molecule has 2 N–H and O–H groups in total. The van der Waals surface area contributed by atoms with Gasteiger partial charge in [0.1, 0.15) is 0 Å². The summed E-state index contributed by atoms with van der Waals surface area (Å²) in [7, 11) is 0. The fraction of sp³-hybridized carbons (Fsp3) is 0.556. The second kappa shape index (κ2) is 4.23. The average molecular weight is 195 g/mol. The number of H-pyrrole nitrogens is 1. The molecule has 2 heterocycles. The number of ether oxygens (including phenoxy) is 1. The fourth-order valence-electron chi connectivity index (χ4n) is 1.48. The zero-order valence-electron chi connectivity index (χ0n) is 7.82. The van der Waals surface area contributed by atoms with Crippen molar-refractivity contribution in [1.82, 2.24) is 9.97 Å². The second-order valence-corrected chi connectivity index (χ2v) is 3.30. The lowest BCUT2D eigenvalue weighted by Crippen LogP contribution is -2.21. The molecule has 1 saturated heterocycles. The van der Waals surface area contributed by atoms with Crippen LogP contribution < -0.4 is 10.9 Å². The first-order chi connectivity index (χ1) is 6.84. The number of aromatic nitrogens is 2. The Labute approximate surface area is 81.5 Å². The summed E-state index contributed by atoms with van der Waals surface area (Å²) in [4.78, 5) is 17.5. The molecule has 1 fully saturated rings. The first-order valence-corrected chi connectivity index (χ1v) is 4.75. The molecule has 0 saturated carbocycles. The molecule has 5 nitrogen and oxygen atoms in total. The topological polar surface area (TPSA) is 67.0 Å². The van der Waals surface area contributed by atoms with Crippen LogP contribution in [0.5, 0.6) is 0 Å². The van der Waals surface area contributed by atoms with Crippen LogP contribution in [0.25, 0.3) is 0 Å². The monoisotopic (exact) mass is 195 g/mol. The summed E-state index contributed by atoms with van der Waals surface area (Å²) in [5.41, 5.74) is -0.144. The molecule has 0 bridgehead atoms. The van der Waals surface area contributed by atoms with E-state index in [4.69, 9.17) is 4.74 Å². The van der Waals surface area contributed by atoms with Gasteiger partial charge in [-0.25, -0.2) is 4.98 Å². The Morgan fingerprint density at radius 3 is 3.36 bits per heavy atom. The Bertz CT molecular complexity index is 344. The van der Waals surface area contributed by atoms with Crippen molar-refractivity contribution in [3.63, 3.8) is 0 Å². The fourth-order valence-corrected chi connectivity index (χ4v) is 1.48. The Balaban J connectivity index is 1.88. The van der Waals surface area contributed by atoms with E-state index in [9.17, 15) is 4.79 Å². The number of nitrogens with one attached hydrogen (secondary N) is 2. The normalized spacial score (nSPS) is 21.0. The summed E-state index contributed by atoms with van der Waals surface area (Å²) in [6, 6.07) is 1.39. The maximum absolute atomic E-state index is 10.9. The molecule has 1 aromatic heterocycles. The summed E-state index contributed by atoms with van der Waals surface area (Å²) < 4.78 is 5.42. The first-order valence-electron chi connectivity index (χ1n) is 4.75.